The van der Waals surface area contributed by atoms with Gasteiger partial charge in [-0.3, -0.25) is 10.2 Å². The zero-order valence-electron chi connectivity index (χ0n) is 12.3. The van der Waals surface area contributed by atoms with Crippen molar-refractivity contribution in [3.8, 4) is 0 Å². The molecule has 1 amide bonds. The Morgan fingerprint density at radius 1 is 1.29 bits per heavy atom. The number of fused-ring (bicyclic) bond motifs is 3. The lowest BCUT2D eigenvalue weighted by molar-refractivity contribution is 0.0929. The number of furan rings is 1. The molecule has 2 heterocycles. The molecule has 5 N–H and O–H groups in total. The molecule has 0 fully saturated rings. The predicted molar refractivity (Wildman–Crippen MR) is 80.8 cm³/mol. The Bertz CT molecular complexity index is 718. The van der Waals surface area contributed by atoms with Crippen LogP contribution in [0.25, 0.3) is 11.1 Å². The third kappa shape index (κ3) is 2.06. The maximum atomic E-state index is 11.8. The molecule has 6 nitrogen and oxygen atoms in total. The summed E-state index contributed by atoms with van der Waals surface area (Å²) in [6.45, 7) is 4.23. The summed E-state index contributed by atoms with van der Waals surface area (Å²) in [5, 5.41) is 0.785. The first kappa shape index (κ1) is 13.9. The quantitative estimate of drug-likeness (QED) is 0.445. The molecule has 0 aromatic carbocycles. The van der Waals surface area contributed by atoms with Crippen LogP contribution in [0.5, 0.6) is 0 Å². The van der Waals surface area contributed by atoms with Crippen LogP contribution in [0.4, 0.5) is 5.69 Å². The summed E-state index contributed by atoms with van der Waals surface area (Å²) in [4.78, 5) is 16.4. The van der Waals surface area contributed by atoms with E-state index >= 15 is 0 Å². The fourth-order valence-corrected chi connectivity index (χ4v) is 3.15. The maximum Gasteiger partial charge on any atom is 0.303 e. The molecular formula is C15H20N4O2. The van der Waals surface area contributed by atoms with Crippen LogP contribution >= 0.6 is 0 Å². The van der Waals surface area contributed by atoms with Crippen molar-refractivity contribution >= 4 is 22.7 Å². The van der Waals surface area contributed by atoms with E-state index in [0.29, 0.717) is 17.3 Å². The van der Waals surface area contributed by atoms with Crippen molar-refractivity contribution in [1.29, 1.82) is 0 Å². The van der Waals surface area contributed by atoms with Crippen LogP contribution in [0.1, 0.15) is 60.0 Å². The molecule has 0 saturated heterocycles. The summed E-state index contributed by atoms with van der Waals surface area (Å²) in [6.07, 6.45) is 4.23. The Balaban J connectivity index is 2.33. The van der Waals surface area contributed by atoms with Crippen molar-refractivity contribution in [3.63, 3.8) is 0 Å². The van der Waals surface area contributed by atoms with Crippen LogP contribution < -0.4 is 17.0 Å². The molecule has 112 valence electrons. The van der Waals surface area contributed by atoms with E-state index in [2.05, 4.69) is 24.3 Å². The summed E-state index contributed by atoms with van der Waals surface area (Å²) in [5.74, 6) is 5.00. The van der Waals surface area contributed by atoms with Crippen molar-refractivity contribution in [2.24, 2.45) is 5.84 Å². The van der Waals surface area contributed by atoms with Gasteiger partial charge in [-0.05, 0) is 42.7 Å². The average molecular weight is 288 g/mol. The summed E-state index contributed by atoms with van der Waals surface area (Å²) < 4.78 is 5.58. The second-order valence-corrected chi connectivity index (χ2v) is 5.81. The minimum Gasteiger partial charge on any atom is -0.430 e. The lowest BCUT2D eigenvalue weighted by Gasteiger charge is -2.21. The molecule has 3 rings (SSSR count). The highest BCUT2D eigenvalue weighted by Gasteiger charge is 2.26. The minimum absolute atomic E-state index is 0.0497. The first-order valence-electron chi connectivity index (χ1n) is 7.29. The number of nitrogens with one attached hydrogen (secondary N) is 1. The number of aryl methyl sites for hydroxylation is 1. The van der Waals surface area contributed by atoms with Crippen molar-refractivity contribution < 1.29 is 9.21 Å². The van der Waals surface area contributed by atoms with Crippen LogP contribution in [0.15, 0.2) is 4.42 Å². The number of carbonyl (C=O) groups is 1. The summed E-state index contributed by atoms with van der Waals surface area (Å²) in [6, 6.07) is 0. The Morgan fingerprint density at radius 2 is 1.95 bits per heavy atom. The second kappa shape index (κ2) is 5.04. The molecule has 1 aliphatic rings. The smallest absolute Gasteiger partial charge is 0.303 e. The van der Waals surface area contributed by atoms with Crippen molar-refractivity contribution in [1.82, 2.24) is 10.4 Å². The Kier molecular flexibility index (Phi) is 3.33. The molecule has 1 aliphatic carbocycles. The molecular weight excluding hydrogens is 268 g/mol. The standard InChI is InChI=1S/C15H20N4O2/c1-7(2)12-9-6-4-3-5-8(9)10-11(16)13(14(20)19-17)21-15(10)18-12/h7H,3-6,16-17H2,1-2H3,(H,19,20). The lowest BCUT2D eigenvalue weighted by atomic mass is 9.86. The number of nitrogens with two attached hydrogens (primary N) is 2. The summed E-state index contributed by atoms with van der Waals surface area (Å²) in [7, 11) is 0. The van der Waals surface area contributed by atoms with Gasteiger partial charge < -0.3 is 10.2 Å². The minimum atomic E-state index is -0.527. The van der Waals surface area contributed by atoms with E-state index in [1.54, 1.807) is 0 Å². The van der Waals surface area contributed by atoms with E-state index in [1.807, 2.05) is 0 Å². The van der Waals surface area contributed by atoms with E-state index in [-0.39, 0.29) is 5.76 Å². The fourth-order valence-electron chi connectivity index (χ4n) is 3.15. The number of nitrogen functional groups attached to an aromatic ring is 2. The van der Waals surface area contributed by atoms with Crippen LogP contribution in [0.3, 0.4) is 0 Å². The van der Waals surface area contributed by atoms with Gasteiger partial charge in [0, 0.05) is 0 Å². The number of rotatable bonds is 2. The number of anilines is 1. The van der Waals surface area contributed by atoms with Crippen molar-refractivity contribution in [3.05, 3.63) is 22.6 Å². The predicted octanol–water partition coefficient (Wildman–Crippen LogP) is 2.02. The third-order valence-corrected chi connectivity index (χ3v) is 4.11. The van der Waals surface area contributed by atoms with Crippen LogP contribution in [-0.4, -0.2) is 10.9 Å². The molecule has 0 spiro atoms. The van der Waals surface area contributed by atoms with Crippen LogP contribution in [0, 0.1) is 0 Å². The first-order chi connectivity index (χ1) is 10.0. The van der Waals surface area contributed by atoms with E-state index in [0.717, 1.165) is 36.8 Å². The van der Waals surface area contributed by atoms with Gasteiger partial charge >= 0.3 is 5.91 Å². The monoisotopic (exact) mass is 288 g/mol. The summed E-state index contributed by atoms with van der Waals surface area (Å²) in [5.41, 5.74) is 12.5. The normalized spacial score (nSPS) is 14.5. The molecule has 6 heteroatoms. The van der Waals surface area contributed by atoms with Crippen LogP contribution in [-0.2, 0) is 12.8 Å². The molecule has 2 aromatic rings. The van der Waals surface area contributed by atoms with E-state index in [1.165, 1.54) is 11.1 Å². The molecule has 0 aliphatic heterocycles. The van der Waals surface area contributed by atoms with Gasteiger partial charge in [0.15, 0.2) is 0 Å². The highest BCUT2D eigenvalue weighted by Crippen LogP contribution is 2.38. The Morgan fingerprint density at radius 3 is 2.57 bits per heavy atom. The van der Waals surface area contributed by atoms with Crippen LogP contribution in [0.2, 0.25) is 0 Å². The number of amides is 1. The van der Waals surface area contributed by atoms with Crippen molar-refractivity contribution in [2.75, 3.05) is 5.73 Å². The second-order valence-electron chi connectivity index (χ2n) is 5.81. The third-order valence-electron chi connectivity index (χ3n) is 4.11. The largest absolute Gasteiger partial charge is 0.430 e. The fraction of sp³-hybridized carbons (Fsp3) is 0.467. The van der Waals surface area contributed by atoms with Gasteiger partial charge in [0.25, 0.3) is 0 Å². The molecule has 0 radical (unpaired) electrons. The number of aromatic nitrogens is 1. The number of pyridine rings is 1. The molecule has 21 heavy (non-hydrogen) atoms. The van der Waals surface area contributed by atoms with Gasteiger partial charge in [-0.2, -0.15) is 0 Å². The highest BCUT2D eigenvalue weighted by molar-refractivity contribution is 6.05. The van der Waals surface area contributed by atoms with E-state index in [9.17, 15) is 4.79 Å². The number of hydrogen-bond acceptors (Lipinski definition) is 5. The number of carbonyl (C=O) groups excluding carboxylic acids is 1. The average Bonchev–Trinajstić information content (AvgIpc) is 2.82. The molecule has 0 saturated carbocycles. The van der Waals surface area contributed by atoms with Crippen molar-refractivity contribution in [2.45, 2.75) is 45.4 Å². The van der Waals surface area contributed by atoms with Gasteiger partial charge in [-0.1, -0.05) is 13.8 Å². The number of hydrazine groups is 1. The zero-order chi connectivity index (χ0) is 15.1. The Labute approximate surface area is 122 Å². The van der Waals surface area contributed by atoms with Gasteiger partial charge in [0.05, 0.1) is 16.8 Å². The van der Waals surface area contributed by atoms with E-state index in [4.69, 9.17) is 16.0 Å². The van der Waals surface area contributed by atoms with E-state index < -0.39 is 5.91 Å². The van der Waals surface area contributed by atoms with Gasteiger partial charge in [0.1, 0.15) is 0 Å². The molecule has 2 aromatic heterocycles. The lowest BCUT2D eigenvalue weighted by Crippen LogP contribution is -2.30. The number of nitrogens with zero attached hydrogens (tertiary/aromatic N) is 1. The number of hydrogen-bond donors (Lipinski definition) is 3. The zero-order valence-corrected chi connectivity index (χ0v) is 12.3. The SMILES string of the molecule is CC(C)c1nc2oc(C(=O)NN)c(N)c2c2c1CCCC2. The maximum absolute atomic E-state index is 11.8. The Hall–Kier alpha value is -2.08. The topological polar surface area (TPSA) is 107 Å². The van der Waals surface area contributed by atoms with Gasteiger partial charge in [-0.15, -0.1) is 0 Å². The van der Waals surface area contributed by atoms with Gasteiger partial charge in [-0.25, -0.2) is 10.8 Å². The first-order valence-corrected chi connectivity index (χ1v) is 7.29. The highest BCUT2D eigenvalue weighted by atomic mass is 16.4. The molecule has 0 bridgehead atoms. The molecule has 0 unspecified atom stereocenters. The van der Waals surface area contributed by atoms with Gasteiger partial charge in [0.2, 0.25) is 11.5 Å². The molecule has 0 atom stereocenters. The summed E-state index contributed by atoms with van der Waals surface area (Å²) >= 11 is 0.